The van der Waals surface area contributed by atoms with Gasteiger partial charge in [0.25, 0.3) is 5.91 Å². The molecule has 0 radical (unpaired) electrons. The normalized spacial score (nSPS) is 9.71. The van der Waals surface area contributed by atoms with E-state index >= 15 is 0 Å². The number of nitrogens with one attached hydrogen (secondary N) is 1. The number of hydrogen-bond acceptors (Lipinski definition) is 3. The van der Waals surface area contributed by atoms with Crippen molar-refractivity contribution in [3.05, 3.63) is 65.7 Å². The van der Waals surface area contributed by atoms with Crippen molar-refractivity contribution in [3.63, 3.8) is 0 Å². The van der Waals surface area contributed by atoms with Gasteiger partial charge in [-0.1, -0.05) is 36.4 Å². The number of nitrogens with zero attached hydrogens (tertiary/aromatic N) is 1. The maximum Gasteiger partial charge on any atom is 0.271 e. The molecule has 0 spiro atoms. The first-order valence-corrected chi connectivity index (χ1v) is 6.31. The summed E-state index contributed by atoms with van der Waals surface area (Å²) >= 11 is 0. The molecule has 6 nitrogen and oxygen atoms in total. The molecule has 0 saturated heterocycles. The Labute approximate surface area is 122 Å². The van der Waals surface area contributed by atoms with E-state index in [1.54, 1.807) is 24.3 Å². The summed E-state index contributed by atoms with van der Waals surface area (Å²) in [5, 5.41) is 3.46. The second kappa shape index (κ2) is 6.95. The second-order valence-electron chi connectivity index (χ2n) is 4.28. The number of amides is 1. The predicted molar refractivity (Wildman–Crippen MR) is 80.5 cm³/mol. The Morgan fingerprint density at radius 1 is 1.10 bits per heavy atom. The van der Waals surface area contributed by atoms with E-state index in [-0.39, 0.29) is 5.96 Å². The van der Waals surface area contributed by atoms with Crippen molar-refractivity contribution in [2.75, 3.05) is 0 Å². The first-order chi connectivity index (χ1) is 10.1. The minimum absolute atomic E-state index is 0.208. The topological polar surface area (TPSA) is 103 Å². The first-order valence-electron chi connectivity index (χ1n) is 6.31. The average molecular weight is 284 g/mol. The second-order valence-corrected chi connectivity index (χ2v) is 4.28. The lowest BCUT2D eigenvalue weighted by molar-refractivity contribution is 0.0954. The molecule has 2 aromatic rings. The first kappa shape index (κ1) is 14.4. The van der Waals surface area contributed by atoms with Gasteiger partial charge in [0.05, 0.1) is 0 Å². The zero-order valence-corrected chi connectivity index (χ0v) is 11.3. The summed E-state index contributed by atoms with van der Waals surface area (Å²) in [4.78, 5) is 11.8. The molecule has 0 bridgehead atoms. The molecule has 0 fully saturated rings. The van der Waals surface area contributed by atoms with Gasteiger partial charge >= 0.3 is 0 Å². The van der Waals surface area contributed by atoms with Crippen molar-refractivity contribution < 1.29 is 9.53 Å². The highest BCUT2D eigenvalue weighted by molar-refractivity contribution is 5.95. The average Bonchev–Trinajstić information content (AvgIpc) is 2.52. The van der Waals surface area contributed by atoms with Gasteiger partial charge in [0.15, 0.2) is 0 Å². The minimum atomic E-state index is -0.409. The van der Waals surface area contributed by atoms with Gasteiger partial charge in [-0.25, -0.2) is 5.43 Å². The van der Waals surface area contributed by atoms with Crippen LogP contribution in [0, 0.1) is 0 Å². The summed E-state index contributed by atoms with van der Waals surface area (Å²) in [5.74, 6) is -0.0235. The van der Waals surface area contributed by atoms with E-state index in [1.165, 1.54) is 0 Å². The summed E-state index contributed by atoms with van der Waals surface area (Å²) in [6.45, 7) is 0.430. The molecule has 0 saturated carbocycles. The van der Waals surface area contributed by atoms with E-state index in [2.05, 4.69) is 10.5 Å². The molecule has 0 unspecified atom stereocenters. The fourth-order valence-corrected chi connectivity index (χ4v) is 1.65. The third kappa shape index (κ3) is 4.54. The highest BCUT2D eigenvalue weighted by Crippen LogP contribution is 2.15. The molecule has 0 heterocycles. The Morgan fingerprint density at radius 2 is 1.86 bits per heavy atom. The van der Waals surface area contributed by atoms with Gasteiger partial charge in [0.2, 0.25) is 5.96 Å². The van der Waals surface area contributed by atoms with Crippen LogP contribution in [0.1, 0.15) is 15.9 Å². The molecule has 0 aliphatic heterocycles. The Balaban J connectivity index is 2.00. The molecule has 0 aromatic heterocycles. The molecule has 0 aliphatic rings. The van der Waals surface area contributed by atoms with E-state index in [1.807, 2.05) is 30.3 Å². The van der Waals surface area contributed by atoms with Crippen LogP contribution in [0.5, 0.6) is 5.75 Å². The number of hydrogen-bond donors (Lipinski definition) is 3. The predicted octanol–water partition coefficient (Wildman–Crippen LogP) is 1.18. The van der Waals surface area contributed by atoms with Crippen LogP contribution in [0.2, 0.25) is 0 Å². The van der Waals surface area contributed by atoms with Gasteiger partial charge in [-0.3, -0.25) is 4.79 Å². The van der Waals surface area contributed by atoms with Gasteiger partial charge in [0, 0.05) is 5.56 Å². The molecule has 108 valence electrons. The lowest BCUT2D eigenvalue weighted by Crippen LogP contribution is -2.29. The van der Waals surface area contributed by atoms with Gasteiger partial charge in [-0.15, -0.1) is 5.10 Å². The largest absolute Gasteiger partial charge is 0.489 e. The summed E-state index contributed by atoms with van der Waals surface area (Å²) < 4.78 is 5.64. The molecule has 0 aliphatic carbocycles. The van der Waals surface area contributed by atoms with Crippen molar-refractivity contribution in [2.45, 2.75) is 6.61 Å². The van der Waals surface area contributed by atoms with Crippen LogP contribution in [0.4, 0.5) is 0 Å². The maximum absolute atomic E-state index is 11.8. The molecule has 21 heavy (non-hydrogen) atoms. The third-order valence-corrected chi connectivity index (χ3v) is 2.63. The Kier molecular flexibility index (Phi) is 4.76. The van der Waals surface area contributed by atoms with E-state index in [4.69, 9.17) is 16.2 Å². The minimum Gasteiger partial charge on any atom is -0.489 e. The number of rotatable bonds is 5. The number of carbonyl (C=O) groups excluding carboxylic acids is 1. The summed E-state index contributed by atoms with van der Waals surface area (Å²) in [5.41, 5.74) is 14.0. The molecular formula is C15H16N4O2. The van der Waals surface area contributed by atoms with E-state index in [0.29, 0.717) is 17.9 Å². The lowest BCUT2D eigenvalue weighted by Gasteiger charge is -2.07. The molecule has 2 aromatic carbocycles. The van der Waals surface area contributed by atoms with Crippen molar-refractivity contribution in [1.82, 2.24) is 5.43 Å². The number of benzene rings is 2. The van der Waals surface area contributed by atoms with Crippen LogP contribution in [-0.4, -0.2) is 11.9 Å². The monoisotopic (exact) mass is 284 g/mol. The molecule has 5 N–H and O–H groups in total. The van der Waals surface area contributed by atoms with Crippen LogP contribution in [0.15, 0.2) is 59.7 Å². The van der Waals surface area contributed by atoms with Gasteiger partial charge < -0.3 is 16.2 Å². The Morgan fingerprint density at radius 3 is 2.57 bits per heavy atom. The van der Waals surface area contributed by atoms with E-state index < -0.39 is 5.91 Å². The van der Waals surface area contributed by atoms with Gasteiger partial charge in [-0.05, 0) is 23.8 Å². The van der Waals surface area contributed by atoms with Crippen molar-refractivity contribution in [2.24, 2.45) is 16.6 Å². The van der Waals surface area contributed by atoms with Gasteiger partial charge in [-0.2, -0.15) is 0 Å². The number of hydrazone groups is 1. The maximum atomic E-state index is 11.8. The Bertz CT molecular complexity index is 637. The number of nitrogens with two attached hydrogens (primary N) is 2. The molecule has 2 rings (SSSR count). The van der Waals surface area contributed by atoms with Gasteiger partial charge in [0.1, 0.15) is 12.4 Å². The number of guanidine groups is 1. The quantitative estimate of drug-likeness (QED) is 0.436. The number of ether oxygens (including phenoxy) is 1. The van der Waals surface area contributed by atoms with E-state index in [0.717, 1.165) is 5.56 Å². The third-order valence-electron chi connectivity index (χ3n) is 2.63. The van der Waals surface area contributed by atoms with Crippen molar-refractivity contribution in [3.8, 4) is 5.75 Å². The SMILES string of the molecule is NC(N)=NNC(=O)c1cccc(OCc2ccccc2)c1. The van der Waals surface area contributed by atoms with Crippen LogP contribution in [0.3, 0.4) is 0 Å². The Hall–Kier alpha value is -3.02. The smallest absolute Gasteiger partial charge is 0.271 e. The molecule has 1 amide bonds. The van der Waals surface area contributed by atoms with Crippen LogP contribution in [-0.2, 0) is 6.61 Å². The standard InChI is InChI=1S/C15H16N4O2/c16-15(17)19-18-14(20)12-7-4-8-13(9-12)21-10-11-5-2-1-3-6-11/h1-9H,10H2,(H,18,20)(H4,16,17,19). The highest BCUT2D eigenvalue weighted by Gasteiger charge is 2.06. The zero-order chi connectivity index (χ0) is 15.1. The fraction of sp³-hybridized carbons (Fsp3) is 0.0667. The zero-order valence-electron chi connectivity index (χ0n) is 11.3. The molecule has 0 atom stereocenters. The highest BCUT2D eigenvalue weighted by atomic mass is 16.5. The number of carbonyl (C=O) groups is 1. The molecule has 6 heteroatoms. The van der Waals surface area contributed by atoms with E-state index in [9.17, 15) is 4.79 Å². The summed E-state index contributed by atoms with van der Waals surface area (Å²) in [7, 11) is 0. The van der Waals surface area contributed by atoms with Crippen LogP contribution < -0.4 is 21.6 Å². The summed E-state index contributed by atoms with van der Waals surface area (Å²) in [6, 6.07) is 16.5. The summed E-state index contributed by atoms with van der Waals surface area (Å²) in [6.07, 6.45) is 0. The van der Waals surface area contributed by atoms with Crippen LogP contribution >= 0.6 is 0 Å². The lowest BCUT2D eigenvalue weighted by atomic mass is 10.2. The fourth-order valence-electron chi connectivity index (χ4n) is 1.65. The molecular weight excluding hydrogens is 268 g/mol. The van der Waals surface area contributed by atoms with Crippen molar-refractivity contribution in [1.29, 1.82) is 0 Å². The van der Waals surface area contributed by atoms with Crippen LogP contribution in [0.25, 0.3) is 0 Å². The van der Waals surface area contributed by atoms with Crippen molar-refractivity contribution >= 4 is 11.9 Å².